The summed E-state index contributed by atoms with van der Waals surface area (Å²) < 4.78 is 1.29. The van der Waals surface area contributed by atoms with Gasteiger partial charge >= 0.3 is 0 Å². The summed E-state index contributed by atoms with van der Waals surface area (Å²) in [7, 11) is 2.48. The molecule has 0 saturated carbocycles. The number of aliphatic hydroxyl groups excluding tert-OH is 1. The minimum Gasteiger partial charge on any atom is -0.393 e. The monoisotopic (exact) mass is 366 g/mol. The van der Waals surface area contributed by atoms with Gasteiger partial charge in [-0.3, -0.25) is 0 Å². The van der Waals surface area contributed by atoms with E-state index in [-0.39, 0.29) is 6.10 Å². The number of unbranched alkanes of at least 4 members (excludes halogenated alkanes) is 13. The Hall–Kier alpha value is -0.0800. The molecule has 2 heterocycles. The average Bonchev–Trinajstić information content (AvgIpc) is 2.80. The van der Waals surface area contributed by atoms with Crippen LogP contribution in [-0.2, 0) is 0 Å². The maximum Gasteiger partial charge on any atom is 0.0917 e. The highest BCUT2D eigenvalue weighted by molar-refractivity contribution is 4.85. The number of nitrogens with zero attached hydrogens (tertiary/aromatic N) is 1. The van der Waals surface area contributed by atoms with Gasteiger partial charge in [0.25, 0.3) is 0 Å². The molecule has 2 aliphatic heterocycles. The predicted octanol–water partition coefficient (Wildman–Crippen LogP) is 6.60. The van der Waals surface area contributed by atoms with Crippen molar-refractivity contribution in [2.45, 2.75) is 141 Å². The van der Waals surface area contributed by atoms with E-state index in [0.717, 1.165) is 24.9 Å². The molecule has 2 saturated heterocycles. The quantitative estimate of drug-likeness (QED) is 0.256. The summed E-state index contributed by atoms with van der Waals surface area (Å²) in [6, 6.07) is 1.51. The molecule has 0 aromatic rings. The van der Waals surface area contributed by atoms with Crippen molar-refractivity contribution < 1.29 is 9.59 Å². The SMILES string of the molecule is CCCCCCCCCCCCCCCC[N+]1(C)C2CCC1CC(O)C2. The smallest absolute Gasteiger partial charge is 0.0917 e. The van der Waals surface area contributed by atoms with E-state index in [1.54, 1.807) is 0 Å². The third-order valence-electron chi connectivity index (χ3n) is 7.58. The van der Waals surface area contributed by atoms with Crippen molar-refractivity contribution in [1.29, 1.82) is 0 Å². The molecule has 0 radical (unpaired) electrons. The summed E-state index contributed by atoms with van der Waals surface area (Å²) in [6.45, 7) is 3.66. The van der Waals surface area contributed by atoms with Crippen molar-refractivity contribution in [3.63, 3.8) is 0 Å². The lowest BCUT2D eigenvalue weighted by Gasteiger charge is -2.46. The van der Waals surface area contributed by atoms with E-state index in [2.05, 4.69) is 14.0 Å². The van der Waals surface area contributed by atoms with Crippen LogP contribution in [0.3, 0.4) is 0 Å². The van der Waals surface area contributed by atoms with Crippen LogP contribution in [0.2, 0.25) is 0 Å². The zero-order valence-electron chi connectivity index (χ0n) is 18.1. The van der Waals surface area contributed by atoms with Crippen molar-refractivity contribution in [1.82, 2.24) is 0 Å². The first-order valence-corrected chi connectivity index (χ1v) is 12.2. The van der Waals surface area contributed by atoms with Gasteiger partial charge < -0.3 is 9.59 Å². The maximum atomic E-state index is 10.0. The highest BCUT2D eigenvalue weighted by Gasteiger charge is 2.50. The highest BCUT2D eigenvalue weighted by atomic mass is 16.3. The van der Waals surface area contributed by atoms with Crippen LogP contribution in [0.15, 0.2) is 0 Å². The van der Waals surface area contributed by atoms with E-state index in [1.165, 1.54) is 114 Å². The summed E-state index contributed by atoms with van der Waals surface area (Å²) in [5, 5.41) is 10.0. The molecular formula is C24H48NO+. The largest absolute Gasteiger partial charge is 0.393 e. The van der Waals surface area contributed by atoms with Crippen molar-refractivity contribution in [2.75, 3.05) is 13.6 Å². The molecule has 2 unspecified atom stereocenters. The topological polar surface area (TPSA) is 20.2 Å². The van der Waals surface area contributed by atoms with Gasteiger partial charge in [0.05, 0.1) is 31.8 Å². The standard InChI is InChI=1S/C24H48NO/c1-3-4-5-6-7-8-9-10-11-12-13-14-15-16-19-25(2)22-17-18-23(25)21-24(26)20-22/h22-24,26H,3-21H2,1-2H3/q+1. The molecule has 154 valence electrons. The minimum atomic E-state index is -0.00459. The molecule has 2 rings (SSSR count). The number of piperidine rings is 1. The van der Waals surface area contributed by atoms with Crippen molar-refractivity contribution in [3.05, 3.63) is 0 Å². The molecule has 0 spiro atoms. The van der Waals surface area contributed by atoms with Crippen LogP contribution >= 0.6 is 0 Å². The number of fused-ring (bicyclic) bond motifs is 2. The van der Waals surface area contributed by atoms with Gasteiger partial charge in [-0.25, -0.2) is 0 Å². The van der Waals surface area contributed by atoms with Crippen LogP contribution in [0.4, 0.5) is 0 Å². The van der Waals surface area contributed by atoms with Gasteiger partial charge in [-0.1, -0.05) is 84.0 Å². The van der Waals surface area contributed by atoms with Gasteiger partial charge in [0.2, 0.25) is 0 Å². The molecular weight excluding hydrogens is 318 g/mol. The van der Waals surface area contributed by atoms with Crippen LogP contribution in [0.1, 0.15) is 122 Å². The second-order valence-corrected chi connectivity index (χ2v) is 9.68. The molecule has 2 fully saturated rings. The van der Waals surface area contributed by atoms with E-state index in [9.17, 15) is 5.11 Å². The van der Waals surface area contributed by atoms with E-state index >= 15 is 0 Å². The van der Waals surface area contributed by atoms with E-state index < -0.39 is 0 Å². The summed E-state index contributed by atoms with van der Waals surface area (Å²) in [6.07, 6.45) is 25.1. The van der Waals surface area contributed by atoms with Gasteiger partial charge in [-0.15, -0.1) is 0 Å². The second kappa shape index (κ2) is 12.4. The summed E-state index contributed by atoms with van der Waals surface area (Å²) in [5.41, 5.74) is 0. The minimum absolute atomic E-state index is 0.00459. The lowest BCUT2D eigenvalue weighted by Crippen LogP contribution is -2.58. The zero-order valence-corrected chi connectivity index (χ0v) is 18.1. The fourth-order valence-corrected chi connectivity index (χ4v) is 5.73. The summed E-state index contributed by atoms with van der Waals surface area (Å²) in [4.78, 5) is 0. The molecule has 0 aliphatic carbocycles. The summed E-state index contributed by atoms with van der Waals surface area (Å²) >= 11 is 0. The molecule has 2 aliphatic rings. The van der Waals surface area contributed by atoms with Crippen LogP contribution < -0.4 is 0 Å². The Kier molecular flexibility index (Phi) is 10.6. The number of quaternary nitrogens is 1. The van der Waals surface area contributed by atoms with Crippen LogP contribution in [-0.4, -0.2) is 41.4 Å². The first-order valence-electron chi connectivity index (χ1n) is 12.2. The molecule has 1 N–H and O–H groups in total. The van der Waals surface area contributed by atoms with Crippen LogP contribution in [0, 0.1) is 0 Å². The highest BCUT2D eigenvalue weighted by Crippen LogP contribution is 2.41. The second-order valence-electron chi connectivity index (χ2n) is 9.68. The van der Waals surface area contributed by atoms with E-state index in [0.29, 0.717) is 0 Å². The van der Waals surface area contributed by atoms with Crippen LogP contribution in [0.25, 0.3) is 0 Å². The third kappa shape index (κ3) is 7.15. The van der Waals surface area contributed by atoms with E-state index in [1.807, 2.05) is 0 Å². The van der Waals surface area contributed by atoms with E-state index in [4.69, 9.17) is 0 Å². The lowest BCUT2D eigenvalue weighted by molar-refractivity contribution is -0.949. The average molecular weight is 367 g/mol. The Morgan fingerprint density at radius 1 is 0.654 bits per heavy atom. The van der Waals surface area contributed by atoms with Gasteiger partial charge in [-0.05, 0) is 12.8 Å². The zero-order chi connectivity index (χ0) is 18.7. The van der Waals surface area contributed by atoms with Crippen molar-refractivity contribution >= 4 is 0 Å². The molecule has 0 aromatic heterocycles. The van der Waals surface area contributed by atoms with Gasteiger partial charge in [0, 0.05) is 25.7 Å². The molecule has 2 bridgehead atoms. The molecule has 2 atom stereocenters. The molecule has 0 aromatic carbocycles. The molecule has 2 nitrogen and oxygen atoms in total. The first-order chi connectivity index (χ1) is 12.7. The maximum absolute atomic E-state index is 10.0. The number of rotatable bonds is 15. The Morgan fingerprint density at radius 2 is 1.04 bits per heavy atom. The van der Waals surface area contributed by atoms with Gasteiger partial charge in [0.15, 0.2) is 0 Å². The van der Waals surface area contributed by atoms with Crippen molar-refractivity contribution in [2.24, 2.45) is 0 Å². The Balaban J connectivity index is 1.38. The summed E-state index contributed by atoms with van der Waals surface area (Å²) in [5.74, 6) is 0. The van der Waals surface area contributed by atoms with Gasteiger partial charge in [0.1, 0.15) is 0 Å². The predicted molar refractivity (Wildman–Crippen MR) is 113 cm³/mol. The van der Waals surface area contributed by atoms with Crippen molar-refractivity contribution in [3.8, 4) is 0 Å². The fraction of sp³-hybridized carbons (Fsp3) is 1.00. The number of hydrogen-bond acceptors (Lipinski definition) is 1. The molecule has 0 amide bonds. The number of aliphatic hydroxyl groups is 1. The third-order valence-corrected chi connectivity index (χ3v) is 7.58. The Labute approximate surface area is 164 Å². The van der Waals surface area contributed by atoms with Crippen LogP contribution in [0.5, 0.6) is 0 Å². The fourth-order valence-electron chi connectivity index (χ4n) is 5.73. The normalized spacial score (nSPS) is 30.8. The lowest BCUT2D eigenvalue weighted by atomic mass is 9.96. The van der Waals surface area contributed by atoms with Gasteiger partial charge in [-0.2, -0.15) is 0 Å². The molecule has 2 heteroatoms. The number of hydrogen-bond donors (Lipinski definition) is 1. The Bertz CT molecular complexity index is 342. The first kappa shape index (κ1) is 22.2. The Morgan fingerprint density at radius 3 is 1.46 bits per heavy atom. The molecule has 26 heavy (non-hydrogen) atoms.